The average Bonchev–Trinajstić information content (AvgIpc) is 3.39. The maximum absolute atomic E-state index is 13.8. The molecule has 1 amide bonds. The van der Waals surface area contributed by atoms with Gasteiger partial charge in [0.05, 0.1) is 11.8 Å². The number of rotatable bonds is 8. The number of amides is 1. The third-order valence-corrected chi connectivity index (χ3v) is 17.3. The molecular weight excluding hydrogens is 624 g/mol. The van der Waals surface area contributed by atoms with E-state index in [0.29, 0.717) is 36.0 Å². The zero-order chi connectivity index (χ0) is 36.7. The summed E-state index contributed by atoms with van der Waals surface area (Å²) in [6, 6.07) is 0.554. The lowest BCUT2D eigenvalue weighted by Gasteiger charge is -2.73. The Kier molecular flexibility index (Phi) is 9.77. The highest BCUT2D eigenvalue weighted by molar-refractivity contribution is 5.81. The van der Waals surface area contributed by atoms with Gasteiger partial charge in [0.1, 0.15) is 6.10 Å². The van der Waals surface area contributed by atoms with Crippen molar-refractivity contribution in [2.75, 3.05) is 0 Å². The Morgan fingerprint density at radius 1 is 0.840 bits per heavy atom. The van der Waals surface area contributed by atoms with E-state index in [1.807, 2.05) is 0 Å². The minimum absolute atomic E-state index is 0.0619. The van der Waals surface area contributed by atoms with Crippen molar-refractivity contribution in [2.45, 2.75) is 176 Å². The van der Waals surface area contributed by atoms with E-state index in [1.54, 1.807) is 13.8 Å². The van der Waals surface area contributed by atoms with Gasteiger partial charge in [-0.2, -0.15) is 0 Å². The van der Waals surface area contributed by atoms with Crippen molar-refractivity contribution >= 4 is 17.8 Å². The number of ether oxygens (including phenoxy) is 1. The molecule has 50 heavy (non-hydrogen) atoms. The molecule has 4 N–H and O–H groups in total. The van der Waals surface area contributed by atoms with Crippen LogP contribution in [-0.2, 0) is 19.1 Å². The van der Waals surface area contributed by atoms with Crippen LogP contribution in [0.25, 0.3) is 0 Å². The molecule has 0 aromatic heterocycles. The normalized spacial score (nSPS) is 45.2. The monoisotopic (exact) mass is 695 g/mol. The summed E-state index contributed by atoms with van der Waals surface area (Å²) in [6.45, 7) is 22.5. The van der Waals surface area contributed by atoms with E-state index in [2.05, 4.69) is 53.4 Å². The number of hydrogen-bond donors (Lipinski definition) is 3. The van der Waals surface area contributed by atoms with E-state index in [4.69, 9.17) is 10.5 Å². The smallest absolute Gasteiger partial charge is 0.309 e. The lowest BCUT2D eigenvalue weighted by atomic mass is 9.32. The van der Waals surface area contributed by atoms with Crippen LogP contribution in [0.3, 0.4) is 0 Å². The van der Waals surface area contributed by atoms with Crippen molar-refractivity contribution in [3.8, 4) is 0 Å². The Bertz CT molecular complexity index is 1360. The summed E-state index contributed by atoms with van der Waals surface area (Å²) in [4.78, 5) is 38.6. The van der Waals surface area contributed by atoms with Crippen molar-refractivity contribution in [3.63, 3.8) is 0 Å². The molecule has 0 spiro atoms. The van der Waals surface area contributed by atoms with Crippen LogP contribution in [0.2, 0.25) is 0 Å². The van der Waals surface area contributed by atoms with Gasteiger partial charge in [0.15, 0.2) is 0 Å². The summed E-state index contributed by atoms with van der Waals surface area (Å²) in [7, 11) is 0. The first-order valence-electron chi connectivity index (χ1n) is 20.3. The molecular formula is C43H70N2O5. The number of esters is 1. The number of carbonyl (C=O) groups is 3. The Balaban J connectivity index is 1.22. The summed E-state index contributed by atoms with van der Waals surface area (Å²) < 4.78 is 6.18. The Labute approximate surface area is 303 Å². The topological polar surface area (TPSA) is 119 Å². The number of nitrogens with two attached hydrogens (primary N) is 1. The quantitative estimate of drug-likeness (QED) is 0.173. The highest BCUT2D eigenvalue weighted by Crippen LogP contribution is 2.78. The average molecular weight is 695 g/mol. The van der Waals surface area contributed by atoms with Crippen molar-refractivity contribution < 1.29 is 24.2 Å². The third kappa shape index (κ3) is 5.99. The van der Waals surface area contributed by atoms with Crippen LogP contribution < -0.4 is 11.1 Å². The molecule has 282 valence electrons. The molecule has 0 unspecified atom stereocenters. The number of aliphatic carboxylic acids is 1. The molecule has 0 radical (unpaired) electrons. The molecule has 6 rings (SSSR count). The lowest BCUT2D eigenvalue weighted by molar-refractivity contribution is -0.250. The van der Waals surface area contributed by atoms with Gasteiger partial charge in [-0.1, -0.05) is 46.8 Å². The van der Waals surface area contributed by atoms with E-state index in [-0.39, 0.29) is 57.6 Å². The van der Waals surface area contributed by atoms with Gasteiger partial charge in [-0.15, -0.1) is 0 Å². The van der Waals surface area contributed by atoms with Crippen LogP contribution in [0.15, 0.2) is 12.2 Å². The molecule has 7 nitrogen and oxygen atoms in total. The lowest BCUT2D eigenvalue weighted by Crippen LogP contribution is -2.67. The van der Waals surface area contributed by atoms with Crippen molar-refractivity contribution in [1.82, 2.24) is 5.32 Å². The SMILES string of the molecule is C=C(C)[C@@H]1CC[C@]2(CC(=O)NC3CCC(N)CC3)CC[C@]3(C)[C@H](CC[C@@H]4[C@@]5(C)CC[C@H](OC(=O)CC(C)(C)C(=O)O)C(C)(C)[C@@H]5CC[C@]43C)[C@@H]12. The molecule has 0 aromatic rings. The standard InChI is InChI=1S/C43H70N2O5/c1-26(2)29-16-21-43(24-34(46)45-28-12-10-27(44)11-13-28)23-22-41(8)30(36(29)43)14-15-32-40(7)19-18-33(50-35(47)25-38(3,4)37(48)49)39(5,6)31(40)17-20-42(32,41)9/h27-33,36H,1,10-25,44H2,2-9H3,(H,45,46)(H,48,49)/t27?,28?,29-,30+,31-,32+,33-,36+,40-,41+,42+,43+/m0/s1. The summed E-state index contributed by atoms with van der Waals surface area (Å²) in [6.07, 6.45) is 15.6. The second-order valence-corrected chi connectivity index (χ2v) is 20.6. The second kappa shape index (κ2) is 12.9. The van der Waals surface area contributed by atoms with Crippen LogP contribution >= 0.6 is 0 Å². The Morgan fingerprint density at radius 3 is 2.16 bits per heavy atom. The molecule has 6 saturated carbocycles. The van der Waals surface area contributed by atoms with E-state index < -0.39 is 17.4 Å². The van der Waals surface area contributed by atoms with Crippen LogP contribution in [0.5, 0.6) is 0 Å². The maximum Gasteiger partial charge on any atom is 0.309 e. The molecule has 7 heteroatoms. The van der Waals surface area contributed by atoms with Gasteiger partial charge >= 0.3 is 11.9 Å². The number of carboxylic acids is 1. The predicted octanol–water partition coefficient (Wildman–Crippen LogP) is 8.83. The summed E-state index contributed by atoms with van der Waals surface area (Å²) >= 11 is 0. The fourth-order valence-corrected chi connectivity index (χ4v) is 14.3. The van der Waals surface area contributed by atoms with Crippen molar-refractivity contribution in [2.24, 2.45) is 67.8 Å². The summed E-state index contributed by atoms with van der Waals surface area (Å²) in [5.41, 5.74) is 6.76. The van der Waals surface area contributed by atoms with Gasteiger partial charge < -0.3 is 20.9 Å². The second-order valence-electron chi connectivity index (χ2n) is 20.6. The largest absolute Gasteiger partial charge is 0.481 e. The van der Waals surface area contributed by atoms with Crippen LogP contribution in [0, 0.1) is 62.1 Å². The maximum atomic E-state index is 13.8. The summed E-state index contributed by atoms with van der Waals surface area (Å²) in [5, 5.41) is 13.1. The fraction of sp³-hybridized carbons (Fsp3) is 0.884. The number of hydrogen-bond acceptors (Lipinski definition) is 5. The number of allylic oxidation sites excluding steroid dienone is 1. The van der Waals surface area contributed by atoms with E-state index >= 15 is 0 Å². The van der Waals surface area contributed by atoms with E-state index in [9.17, 15) is 19.5 Å². The first-order valence-corrected chi connectivity index (χ1v) is 20.3. The van der Waals surface area contributed by atoms with E-state index in [1.165, 1.54) is 31.3 Å². The Morgan fingerprint density at radius 2 is 1.52 bits per heavy atom. The Hall–Kier alpha value is -1.89. The molecule has 6 aliphatic carbocycles. The minimum Gasteiger partial charge on any atom is -0.481 e. The van der Waals surface area contributed by atoms with Gasteiger partial charge in [-0.3, -0.25) is 14.4 Å². The molecule has 6 fully saturated rings. The van der Waals surface area contributed by atoms with Crippen LogP contribution in [0.4, 0.5) is 0 Å². The molecule has 0 aliphatic heterocycles. The summed E-state index contributed by atoms with van der Waals surface area (Å²) in [5.74, 6) is 1.51. The van der Waals surface area contributed by atoms with Crippen molar-refractivity contribution in [1.29, 1.82) is 0 Å². The molecule has 0 aromatic carbocycles. The van der Waals surface area contributed by atoms with E-state index in [0.717, 1.165) is 64.2 Å². The van der Waals surface area contributed by atoms with Crippen molar-refractivity contribution in [3.05, 3.63) is 12.2 Å². The van der Waals surface area contributed by atoms with Gasteiger partial charge in [0.2, 0.25) is 5.91 Å². The number of carbonyl (C=O) groups excluding carboxylic acids is 2. The number of carboxylic acid groups (broad SMARTS) is 1. The molecule has 10 atom stereocenters. The minimum atomic E-state index is -1.14. The molecule has 0 bridgehead atoms. The highest BCUT2D eigenvalue weighted by atomic mass is 16.5. The zero-order valence-electron chi connectivity index (χ0n) is 32.8. The fourth-order valence-electron chi connectivity index (χ4n) is 14.3. The van der Waals surface area contributed by atoms with Gasteiger partial charge in [-0.05, 0) is 162 Å². The molecule has 6 aliphatic rings. The number of fused-ring (bicyclic) bond motifs is 7. The first kappa shape index (κ1) is 37.9. The van der Waals surface area contributed by atoms with Gasteiger partial charge in [0.25, 0.3) is 0 Å². The molecule has 0 heterocycles. The van der Waals surface area contributed by atoms with Crippen LogP contribution in [-0.4, -0.2) is 41.1 Å². The number of nitrogens with one attached hydrogen (secondary N) is 1. The van der Waals surface area contributed by atoms with Gasteiger partial charge in [-0.25, -0.2) is 0 Å². The van der Waals surface area contributed by atoms with Crippen LogP contribution in [0.1, 0.15) is 158 Å². The molecule has 0 saturated heterocycles. The first-order chi connectivity index (χ1) is 23.2. The predicted molar refractivity (Wildman–Crippen MR) is 198 cm³/mol. The zero-order valence-corrected chi connectivity index (χ0v) is 32.8. The highest BCUT2D eigenvalue weighted by Gasteiger charge is 2.71. The third-order valence-electron chi connectivity index (χ3n) is 17.3. The van der Waals surface area contributed by atoms with Gasteiger partial charge in [0, 0.05) is 23.9 Å².